The van der Waals surface area contributed by atoms with Gasteiger partial charge in [0.2, 0.25) is 0 Å². The van der Waals surface area contributed by atoms with Gasteiger partial charge in [-0.05, 0) is 12.1 Å². The molecule has 6 heteroatoms. The van der Waals surface area contributed by atoms with Gasteiger partial charge in [-0.15, -0.1) is 10.2 Å². The molecule has 0 aromatic carbocycles. The van der Waals surface area contributed by atoms with Crippen LogP contribution in [0.25, 0.3) is 5.65 Å². The Balaban J connectivity index is 2.63. The third-order valence-corrected chi connectivity index (χ3v) is 2.15. The lowest BCUT2D eigenvalue weighted by molar-refractivity contribution is 0.0697. The number of hydrogen-bond acceptors (Lipinski definition) is 4. The summed E-state index contributed by atoms with van der Waals surface area (Å²) in [7, 11) is 0. The highest BCUT2D eigenvalue weighted by molar-refractivity contribution is 7.79. The van der Waals surface area contributed by atoms with Crippen molar-refractivity contribution < 1.29 is 9.90 Å². The Morgan fingerprint density at radius 3 is 3.00 bits per heavy atom. The van der Waals surface area contributed by atoms with Crippen molar-refractivity contribution in [2.75, 3.05) is 0 Å². The molecular formula is C8H7N3O2S. The van der Waals surface area contributed by atoms with Crippen molar-refractivity contribution in [3.8, 4) is 0 Å². The fraction of sp³-hybridized carbons (Fsp3) is 0.125. The number of hydrogen-bond donors (Lipinski definition) is 2. The zero-order chi connectivity index (χ0) is 10.1. The van der Waals surface area contributed by atoms with Crippen LogP contribution in [0.2, 0.25) is 0 Å². The minimum atomic E-state index is -0.970. The number of nitrogens with zero attached hydrogens (tertiary/aromatic N) is 3. The number of aromatic nitrogens is 3. The summed E-state index contributed by atoms with van der Waals surface area (Å²) >= 11 is 4.08. The first-order valence-electron chi connectivity index (χ1n) is 3.90. The van der Waals surface area contributed by atoms with E-state index in [1.54, 1.807) is 10.6 Å². The summed E-state index contributed by atoms with van der Waals surface area (Å²) in [4.78, 5) is 10.6. The van der Waals surface area contributed by atoms with Crippen LogP contribution in [0.4, 0.5) is 0 Å². The molecule has 5 nitrogen and oxygen atoms in total. The van der Waals surface area contributed by atoms with Crippen LogP contribution in [-0.2, 0) is 5.75 Å². The van der Waals surface area contributed by atoms with Crippen molar-refractivity contribution in [1.82, 2.24) is 14.6 Å². The molecule has 2 aromatic rings. The Morgan fingerprint density at radius 2 is 2.36 bits per heavy atom. The summed E-state index contributed by atoms with van der Waals surface area (Å²) in [5.74, 6) is 0.191. The first-order valence-corrected chi connectivity index (χ1v) is 4.53. The molecule has 0 aliphatic carbocycles. The monoisotopic (exact) mass is 209 g/mol. The maximum Gasteiger partial charge on any atom is 0.335 e. The van der Waals surface area contributed by atoms with Crippen LogP contribution in [0, 0.1) is 0 Å². The molecule has 2 rings (SSSR count). The summed E-state index contributed by atoms with van der Waals surface area (Å²) < 4.78 is 1.71. The van der Waals surface area contributed by atoms with E-state index in [0.717, 1.165) is 0 Å². The highest BCUT2D eigenvalue weighted by Gasteiger charge is 2.07. The van der Waals surface area contributed by atoms with E-state index in [1.165, 1.54) is 12.1 Å². The Bertz CT molecular complexity index is 494. The largest absolute Gasteiger partial charge is 0.478 e. The molecule has 1 N–H and O–H groups in total. The molecule has 0 atom stereocenters. The third kappa shape index (κ3) is 1.33. The van der Waals surface area contributed by atoms with Crippen LogP contribution < -0.4 is 0 Å². The molecule has 14 heavy (non-hydrogen) atoms. The summed E-state index contributed by atoms with van der Waals surface area (Å²) in [6.45, 7) is 0. The Labute approximate surface area is 84.8 Å². The van der Waals surface area contributed by atoms with Crippen molar-refractivity contribution in [2.45, 2.75) is 5.75 Å². The van der Waals surface area contributed by atoms with Gasteiger partial charge in [-0.25, -0.2) is 4.79 Å². The van der Waals surface area contributed by atoms with E-state index >= 15 is 0 Å². The van der Waals surface area contributed by atoms with Gasteiger partial charge in [-0.1, -0.05) is 0 Å². The van der Waals surface area contributed by atoms with Gasteiger partial charge in [0.05, 0.1) is 11.3 Å². The van der Waals surface area contributed by atoms with Gasteiger partial charge < -0.3 is 5.11 Å². The fourth-order valence-corrected chi connectivity index (χ4v) is 1.40. The third-order valence-electron chi connectivity index (χ3n) is 1.87. The second kappa shape index (κ2) is 3.30. The molecule has 0 spiro atoms. The lowest BCUT2D eigenvalue weighted by Crippen LogP contribution is -1.98. The molecule has 0 bridgehead atoms. The van der Waals surface area contributed by atoms with E-state index in [1.807, 2.05) is 0 Å². The van der Waals surface area contributed by atoms with Crippen LogP contribution in [0.1, 0.15) is 16.2 Å². The van der Waals surface area contributed by atoms with Gasteiger partial charge >= 0.3 is 5.97 Å². The second-order valence-electron chi connectivity index (χ2n) is 2.72. The van der Waals surface area contributed by atoms with Crippen molar-refractivity contribution in [3.05, 3.63) is 29.7 Å². The maximum atomic E-state index is 10.6. The number of carboxylic acids is 1. The van der Waals surface area contributed by atoms with E-state index in [2.05, 4.69) is 22.8 Å². The molecule has 0 saturated carbocycles. The topological polar surface area (TPSA) is 67.5 Å². The number of rotatable bonds is 2. The summed E-state index contributed by atoms with van der Waals surface area (Å²) in [6, 6.07) is 2.98. The highest BCUT2D eigenvalue weighted by Crippen LogP contribution is 2.08. The van der Waals surface area contributed by atoms with Gasteiger partial charge in [-0.3, -0.25) is 4.40 Å². The molecule has 0 aliphatic heterocycles. The molecule has 72 valence electrons. The minimum Gasteiger partial charge on any atom is -0.478 e. The summed E-state index contributed by atoms with van der Waals surface area (Å²) in [6.07, 6.45) is 1.63. The van der Waals surface area contributed by atoms with Crippen molar-refractivity contribution >= 4 is 24.2 Å². The van der Waals surface area contributed by atoms with E-state index in [0.29, 0.717) is 17.2 Å². The summed E-state index contributed by atoms with van der Waals surface area (Å²) in [5.41, 5.74) is 0.726. The predicted molar refractivity (Wildman–Crippen MR) is 52.6 cm³/mol. The number of pyridine rings is 1. The number of aromatic carboxylic acids is 1. The summed E-state index contributed by atoms with van der Waals surface area (Å²) in [5, 5.41) is 16.4. The Morgan fingerprint density at radius 1 is 1.57 bits per heavy atom. The van der Waals surface area contributed by atoms with Crippen LogP contribution in [0.3, 0.4) is 0 Å². The zero-order valence-corrected chi connectivity index (χ0v) is 7.98. The van der Waals surface area contributed by atoms with Crippen molar-refractivity contribution in [2.24, 2.45) is 0 Å². The normalized spacial score (nSPS) is 10.6. The first-order chi connectivity index (χ1) is 6.72. The predicted octanol–water partition coefficient (Wildman–Crippen LogP) is 0.857. The Kier molecular flexibility index (Phi) is 2.12. The van der Waals surface area contributed by atoms with Gasteiger partial charge in [0.25, 0.3) is 0 Å². The zero-order valence-electron chi connectivity index (χ0n) is 7.08. The minimum absolute atomic E-state index is 0.204. The average molecular weight is 209 g/mol. The van der Waals surface area contributed by atoms with Crippen LogP contribution >= 0.6 is 12.6 Å². The van der Waals surface area contributed by atoms with E-state index in [9.17, 15) is 4.79 Å². The number of carbonyl (C=O) groups is 1. The molecule has 0 unspecified atom stereocenters. The van der Waals surface area contributed by atoms with E-state index < -0.39 is 5.97 Å². The van der Waals surface area contributed by atoms with Gasteiger partial charge in [0.15, 0.2) is 5.65 Å². The van der Waals surface area contributed by atoms with Crippen LogP contribution in [0.5, 0.6) is 0 Å². The standard InChI is InChI=1S/C8H7N3O2S/c12-8(13)5-1-2-11-6(3-5)9-10-7(11)4-14/h1-3,14H,4H2,(H,12,13). The van der Waals surface area contributed by atoms with Crippen molar-refractivity contribution in [3.63, 3.8) is 0 Å². The first kappa shape index (κ1) is 9.01. The SMILES string of the molecule is O=C(O)c1ccn2c(CS)nnc2c1. The number of carboxylic acid groups (broad SMARTS) is 1. The van der Waals surface area contributed by atoms with E-state index in [-0.39, 0.29) is 5.56 Å². The average Bonchev–Trinajstić information content (AvgIpc) is 2.59. The molecule has 2 heterocycles. The van der Waals surface area contributed by atoms with Crippen molar-refractivity contribution in [1.29, 1.82) is 0 Å². The quantitative estimate of drug-likeness (QED) is 0.720. The van der Waals surface area contributed by atoms with Gasteiger partial charge in [0.1, 0.15) is 5.82 Å². The van der Waals surface area contributed by atoms with Crippen LogP contribution in [0.15, 0.2) is 18.3 Å². The molecule has 0 amide bonds. The van der Waals surface area contributed by atoms with Gasteiger partial charge in [0, 0.05) is 6.20 Å². The molecule has 2 aromatic heterocycles. The smallest absolute Gasteiger partial charge is 0.335 e. The second-order valence-corrected chi connectivity index (χ2v) is 3.04. The highest BCUT2D eigenvalue weighted by atomic mass is 32.1. The van der Waals surface area contributed by atoms with Gasteiger partial charge in [-0.2, -0.15) is 12.6 Å². The molecule has 0 radical (unpaired) electrons. The maximum absolute atomic E-state index is 10.6. The molecule has 0 saturated heterocycles. The van der Waals surface area contributed by atoms with E-state index in [4.69, 9.17) is 5.11 Å². The molecule has 0 aliphatic rings. The number of fused-ring (bicyclic) bond motifs is 1. The molecule has 0 fully saturated rings. The molecular weight excluding hydrogens is 202 g/mol. The Hall–Kier alpha value is -1.56. The lowest BCUT2D eigenvalue weighted by atomic mass is 10.3. The van der Waals surface area contributed by atoms with Crippen LogP contribution in [-0.4, -0.2) is 25.7 Å². The fourth-order valence-electron chi connectivity index (χ4n) is 1.18. The number of thiol groups is 1. The lowest BCUT2D eigenvalue weighted by Gasteiger charge is -1.97.